The van der Waals surface area contributed by atoms with Crippen LogP contribution >= 0.6 is 11.6 Å². The normalized spacial score (nSPS) is 14.6. The van der Waals surface area contributed by atoms with Crippen molar-refractivity contribution in [1.82, 2.24) is 24.9 Å². The van der Waals surface area contributed by atoms with Crippen LogP contribution in [0.15, 0.2) is 24.3 Å². The van der Waals surface area contributed by atoms with Gasteiger partial charge in [-0.05, 0) is 19.4 Å². The number of amides is 2. The van der Waals surface area contributed by atoms with Gasteiger partial charge in [0, 0.05) is 39.8 Å². The van der Waals surface area contributed by atoms with Gasteiger partial charge in [0.15, 0.2) is 0 Å². The molecular weight excluding hydrogens is 418 g/mol. The average molecular weight is 448 g/mol. The maximum Gasteiger partial charge on any atom is 0.258 e. The van der Waals surface area contributed by atoms with Gasteiger partial charge < -0.3 is 15.0 Å². The maximum atomic E-state index is 13.1. The van der Waals surface area contributed by atoms with Crippen molar-refractivity contribution in [1.29, 1.82) is 0 Å². The Hall–Kier alpha value is -2.42. The zero-order chi connectivity index (χ0) is 22.4. The molecular formula is C22H30ClN5O3. The first-order valence-corrected chi connectivity index (χ1v) is 10.8. The third kappa shape index (κ3) is 6.06. The Morgan fingerprint density at radius 1 is 1.13 bits per heavy atom. The van der Waals surface area contributed by atoms with Gasteiger partial charge in [-0.15, -0.1) is 0 Å². The van der Waals surface area contributed by atoms with Gasteiger partial charge in [0.2, 0.25) is 5.91 Å². The molecule has 0 saturated carbocycles. The molecule has 1 saturated heterocycles. The fraction of sp³-hybridized carbons (Fsp3) is 0.500. The van der Waals surface area contributed by atoms with E-state index in [9.17, 15) is 9.59 Å². The molecule has 0 unspecified atom stereocenters. The van der Waals surface area contributed by atoms with Crippen LogP contribution in [0.5, 0.6) is 0 Å². The second-order valence-electron chi connectivity index (χ2n) is 7.81. The summed E-state index contributed by atoms with van der Waals surface area (Å²) in [6.45, 7) is 8.04. The van der Waals surface area contributed by atoms with Crippen molar-refractivity contribution in [3.05, 3.63) is 51.8 Å². The van der Waals surface area contributed by atoms with E-state index in [0.717, 1.165) is 5.56 Å². The fourth-order valence-electron chi connectivity index (χ4n) is 3.59. The van der Waals surface area contributed by atoms with Crippen molar-refractivity contribution in [3.8, 4) is 0 Å². The van der Waals surface area contributed by atoms with Crippen LogP contribution in [0.4, 0.5) is 0 Å². The lowest BCUT2D eigenvalue weighted by atomic mass is 10.1. The van der Waals surface area contributed by atoms with Crippen LogP contribution in [0, 0.1) is 13.8 Å². The van der Waals surface area contributed by atoms with Crippen LogP contribution in [-0.2, 0) is 16.1 Å². The SMILES string of the molecule is COCCNC(=O)CN1CCN(C(=O)c2c(C)nn(Cc3ccc(C)cc3)c2Cl)CC1. The van der Waals surface area contributed by atoms with Gasteiger partial charge in [-0.1, -0.05) is 41.4 Å². The number of nitrogens with zero attached hydrogens (tertiary/aromatic N) is 4. The Bertz CT molecular complexity index is 905. The summed E-state index contributed by atoms with van der Waals surface area (Å²) in [5.74, 6) is -0.144. The third-order valence-electron chi connectivity index (χ3n) is 5.39. The number of nitrogens with one attached hydrogen (secondary N) is 1. The number of hydrogen-bond acceptors (Lipinski definition) is 5. The van der Waals surface area contributed by atoms with E-state index in [0.29, 0.717) is 68.8 Å². The van der Waals surface area contributed by atoms with Gasteiger partial charge in [0.25, 0.3) is 5.91 Å². The van der Waals surface area contributed by atoms with E-state index in [1.54, 1.807) is 16.7 Å². The molecule has 2 heterocycles. The molecule has 9 heteroatoms. The second-order valence-corrected chi connectivity index (χ2v) is 8.16. The number of piperazine rings is 1. The van der Waals surface area contributed by atoms with Gasteiger partial charge in [0.1, 0.15) is 5.15 Å². The molecule has 0 bridgehead atoms. The highest BCUT2D eigenvalue weighted by Crippen LogP contribution is 2.23. The summed E-state index contributed by atoms with van der Waals surface area (Å²) in [6, 6.07) is 8.16. The number of halogens is 1. The molecule has 1 fully saturated rings. The van der Waals surface area contributed by atoms with Crippen LogP contribution in [0.2, 0.25) is 5.15 Å². The average Bonchev–Trinajstić information content (AvgIpc) is 3.03. The predicted molar refractivity (Wildman–Crippen MR) is 119 cm³/mol. The highest BCUT2D eigenvalue weighted by atomic mass is 35.5. The molecule has 8 nitrogen and oxygen atoms in total. The van der Waals surface area contributed by atoms with Gasteiger partial charge in [-0.2, -0.15) is 5.10 Å². The Morgan fingerprint density at radius 3 is 2.45 bits per heavy atom. The lowest BCUT2D eigenvalue weighted by Gasteiger charge is -2.34. The minimum Gasteiger partial charge on any atom is -0.383 e. The number of aromatic nitrogens is 2. The van der Waals surface area contributed by atoms with E-state index >= 15 is 0 Å². The monoisotopic (exact) mass is 447 g/mol. The first kappa shape index (κ1) is 23.2. The number of carbonyl (C=O) groups excluding carboxylic acids is 2. The van der Waals surface area contributed by atoms with Gasteiger partial charge >= 0.3 is 0 Å². The number of hydrogen-bond donors (Lipinski definition) is 1. The molecule has 168 valence electrons. The molecule has 1 aliphatic heterocycles. The number of ether oxygens (including phenoxy) is 1. The van der Waals surface area contributed by atoms with Crippen molar-refractivity contribution in [2.45, 2.75) is 20.4 Å². The number of methoxy groups -OCH3 is 1. The first-order valence-electron chi connectivity index (χ1n) is 10.4. The topological polar surface area (TPSA) is 79.7 Å². The van der Waals surface area contributed by atoms with Crippen molar-refractivity contribution in [2.75, 3.05) is 53.0 Å². The van der Waals surface area contributed by atoms with E-state index in [2.05, 4.69) is 10.4 Å². The molecule has 1 aromatic heterocycles. The summed E-state index contributed by atoms with van der Waals surface area (Å²) >= 11 is 6.56. The van der Waals surface area contributed by atoms with E-state index in [1.165, 1.54) is 5.56 Å². The minimum atomic E-state index is -0.109. The third-order valence-corrected chi connectivity index (χ3v) is 5.77. The standard InChI is InChI=1S/C22H30ClN5O3/c1-16-4-6-18(7-5-16)14-28-21(23)20(17(2)25-28)22(30)27-11-9-26(10-12-27)15-19(29)24-8-13-31-3/h4-7H,8-15H2,1-3H3,(H,24,29). The molecule has 1 aliphatic rings. The van der Waals surface area contributed by atoms with Crippen LogP contribution in [0.25, 0.3) is 0 Å². The summed E-state index contributed by atoms with van der Waals surface area (Å²) in [4.78, 5) is 28.9. The molecule has 1 aromatic carbocycles. The zero-order valence-electron chi connectivity index (χ0n) is 18.4. The molecule has 0 spiro atoms. The number of benzene rings is 1. The van der Waals surface area contributed by atoms with Crippen LogP contribution in [-0.4, -0.2) is 84.4 Å². The first-order chi connectivity index (χ1) is 14.9. The van der Waals surface area contributed by atoms with E-state index in [-0.39, 0.29) is 11.8 Å². The maximum absolute atomic E-state index is 13.1. The Balaban J connectivity index is 1.58. The van der Waals surface area contributed by atoms with Gasteiger partial charge in [-0.3, -0.25) is 14.5 Å². The van der Waals surface area contributed by atoms with Crippen molar-refractivity contribution in [2.24, 2.45) is 0 Å². The van der Waals surface area contributed by atoms with Crippen molar-refractivity contribution < 1.29 is 14.3 Å². The minimum absolute atomic E-state index is 0.0342. The molecule has 0 aliphatic carbocycles. The number of aryl methyl sites for hydroxylation is 2. The Kier molecular flexibility index (Phi) is 8.06. The molecule has 3 rings (SSSR count). The lowest BCUT2D eigenvalue weighted by molar-refractivity contribution is -0.122. The Morgan fingerprint density at radius 2 is 1.81 bits per heavy atom. The predicted octanol–water partition coefficient (Wildman–Crippen LogP) is 1.72. The van der Waals surface area contributed by atoms with E-state index in [1.807, 2.05) is 43.0 Å². The fourth-order valence-corrected chi connectivity index (χ4v) is 3.90. The smallest absolute Gasteiger partial charge is 0.258 e. The largest absolute Gasteiger partial charge is 0.383 e. The van der Waals surface area contributed by atoms with Crippen LogP contribution in [0.3, 0.4) is 0 Å². The highest BCUT2D eigenvalue weighted by molar-refractivity contribution is 6.33. The second kappa shape index (κ2) is 10.7. The molecule has 31 heavy (non-hydrogen) atoms. The summed E-state index contributed by atoms with van der Waals surface area (Å²) in [5, 5.41) is 7.68. The molecule has 0 atom stereocenters. The molecule has 1 N–H and O–H groups in total. The van der Waals surface area contributed by atoms with Crippen molar-refractivity contribution in [3.63, 3.8) is 0 Å². The number of rotatable bonds is 8. The highest BCUT2D eigenvalue weighted by Gasteiger charge is 2.28. The Labute approximate surface area is 188 Å². The van der Waals surface area contributed by atoms with Gasteiger partial charge in [0.05, 0.1) is 31.0 Å². The summed E-state index contributed by atoms with van der Waals surface area (Å²) in [6.07, 6.45) is 0. The van der Waals surface area contributed by atoms with E-state index < -0.39 is 0 Å². The van der Waals surface area contributed by atoms with Crippen LogP contribution in [0.1, 0.15) is 27.2 Å². The zero-order valence-corrected chi connectivity index (χ0v) is 19.1. The molecule has 0 radical (unpaired) electrons. The number of carbonyl (C=O) groups is 2. The quantitative estimate of drug-likeness (QED) is 0.623. The van der Waals surface area contributed by atoms with Crippen molar-refractivity contribution >= 4 is 23.4 Å². The summed E-state index contributed by atoms with van der Waals surface area (Å²) in [7, 11) is 1.60. The molecule has 2 amide bonds. The summed E-state index contributed by atoms with van der Waals surface area (Å²) in [5.41, 5.74) is 3.35. The van der Waals surface area contributed by atoms with Crippen LogP contribution < -0.4 is 5.32 Å². The van der Waals surface area contributed by atoms with Gasteiger partial charge in [-0.25, -0.2) is 4.68 Å². The lowest BCUT2D eigenvalue weighted by Crippen LogP contribution is -2.51. The molecule has 2 aromatic rings. The van der Waals surface area contributed by atoms with E-state index in [4.69, 9.17) is 16.3 Å². The summed E-state index contributed by atoms with van der Waals surface area (Å²) < 4.78 is 6.61.